The maximum absolute atomic E-state index is 9.70. The average Bonchev–Trinajstić information content (AvgIpc) is 2.54. The van der Waals surface area contributed by atoms with E-state index in [1.54, 1.807) is 12.1 Å². The van der Waals surface area contributed by atoms with Crippen LogP contribution in [-0.4, -0.2) is 23.2 Å². The van der Waals surface area contributed by atoms with Crippen molar-refractivity contribution in [1.29, 1.82) is 0 Å². The van der Waals surface area contributed by atoms with Crippen molar-refractivity contribution in [3.63, 3.8) is 0 Å². The molecule has 1 aliphatic rings. The smallest absolute Gasteiger partial charge is 0.120 e. The van der Waals surface area contributed by atoms with Gasteiger partial charge in [0.2, 0.25) is 0 Å². The molecule has 0 amide bonds. The van der Waals surface area contributed by atoms with Crippen LogP contribution in [0.15, 0.2) is 24.3 Å². The van der Waals surface area contributed by atoms with E-state index in [1.165, 1.54) is 0 Å². The van der Waals surface area contributed by atoms with Crippen molar-refractivity contribution in [2.24, 2.45) is 5.92 Å². The molecule has 1 aromatic carbocycles. The Kier molecular flexibility index (Phi) is 3.95. The fourth-order valence-electron chi connectivity index (χ4n) is 1.98. The molecule has 0 unspecified atom stereocenters. The number of hydrogen-bond donors (Lipinski definition) is 1. The molecule has 0 spiro atoms. The predicted molar refractivity (Wildman–Crippen MR) is 65.3 cm³/mol. The second kappa shape index (κ2) is 5.26. The molecule has 16 heavy (non-hydrogen) atoms. The number of aliphatic hydroxyl groups excluding tert-OH is 1. The summed E-state index contributed by atoms with van der Waals surface area (Å²) in [5, 5.41) is 10.4. The summed E-state index contributed by atoms with van der Waals surface area (Å²) in [5.41, 5.74) is 0. The van der Waals surface area contributed by atoms with Crippen LogP contribution in [0.25, 0.3) is 0 Å². The number of rotatable bonds is 3. The van der Waals surface area contributed by atoms with E-state index >= 15 is 0 Å². The molecule has 0 heterocycles. The van der Waals surface area contributed by atoms with Crippen LogP contribution in [0.5, 0.6) is 5.75 Å². The number of alkyl halides is 1. The van der Waals surface area contributed by atoms with Gasteiger partial charge in [0.1, 0.15) is 5.75 Å². The summed E-state index contributed by atoms with van der Waals surface area (Å²) < 4.78 is 5.59. The lowest BCUT2D eigenvalue weighted by atomic mass is 10.1. The Bertz CT molecular complexity index is 357. The third-order valence-electron chi connectivity index (χ3n) is 2.86. The minimum Gasteiger partial charge on any atom is -0.493 e. The first-order valence-electron chi connectivity index (χ1n) is 5.35. The van der Waals surface area contributed by atoms with Crippen molar-refractivity contribution in [2.75, 3.05) is 6.61 Å². The number of aliphatic hydroxyl groups is 1. The van der Waals surface area contributed by atoms with Crippen LogP contribution in [0.3, 0.4) is 0 Å². The van der Waals surface area contributed by atoms with Gasteiger partial charge in [-0.25, -0.2) is 0 Å². The number of benzene rings is 1. The van der Waals surface area contributed by atoms with Gasteiger partial charge < -0.3 is 9.84 Å². The minimum absolute atomic E-state index is 0.0722. The molecule has 0 bridgehead atoms. The third kappa shape index (κ3) is 3.03. The van der Waals surface area contributed by atoms with E-state index in [4.69, 9.17) is 27.9 Å². The number of ether oxygens (including phenoxy) is 1. The van der Waals surface area contributed by atoms with Gasteiger partial charge in [0.05, 0.1) is 12.7 Å². The lowest BCUT2D eigenvalue weighted by Gasteiger charge is -2.15. The minimum atomic E-state index is -0.346. The molecule has 88 valence electrons. The van der Waals surface area contributed by atoms with E-state index in [1.807, 2.05) is 12.1 Å². The van der Waals surface area contributed by atoms with Gasteiger partial charge in [-0.1, -0.05) is 17.7 Å². The van der Waals surface area contributed by atoms with E-state index < -0.39 is 0 Å². The molecule has 2 rings (SSSR count). The largest absolute Gasteiger partial charge is 0.493 e. The summed E-state index contributed by atoms with van der Waals surface area (Å²) >= 11 is 11.8. The van der Waals surface area contributed by atoms with Crippen LogP contribution in [0.2, 0.25) is 5.02 Å². The summed E-state index contributed by atoms with van der Waals surface area (Å²) in [6.07, 6.45) is 1.12. The molecule has 0 aliphatic heterocycles. The lowest BCUT2D eigenvalue weighted by molar-refractivity contribution is 0.0986. The van der Waals surface area contributed by atoms with Crippen molar-refractivity contribution in [1.82, 2.24) is 0 Å². The van der Waals surface area contributed by atoms with Crippen LogP contribution in [0.4, 0.5) is 0 Å². The van der Waals surface area contributed by atoms with E-state index in [-0.39, 0.29) is 17.4 Å². The molecule has 3 atom stereocenters. The summed E-state index contributed by atoms with van der Waals surface area (Å²) in [6, 6.07) is 7.26. The van der Waals surface area contributed by atoms with Crippen LogP contribution >= 0.6 is 23.2 Å². The Morgan fingerprint density at radius 2 is 2.19 bits per heavy atom. The van der Waals surface area contributed by atoms with Gasteiger partial charge in [0.15, 0.2) is 0 Å². The Hall–Kier alpha value is -0.440. The summed E-state index contributed by atoms with van der Waals surface area (Å²) in [6.45, 7) is 0.491. The number of hydrogen-bond acceptors (Lipinski definition) is 2. The molecule has 2 nitrogen and oxygen atoms in total. The second-order valence-electron chi connectivity index (χ2n) is 4.16. The monoisotopic (exact) mass is 260 g/mol. The zero-order chi connectivity index (χ0) is 11.5. The predicted octanol–water partition coefficient (Wildman–Crippen LogP) is 3.10. The van der Waals surface area contributed by atoms with E-state index in [9.17, 15) is 5.11 Å². The van der Waals surface area contributed by atoms with Gasteiger partial charge in [-0.15, -0.1) is 11.6 Å². The highest BCUT2D eigenvalue weighted by molar-refractivity contribution is 6.30. The average molecular weight is 261 g/mol. The molecule has 0 saturated heterocycles. The zero-order valence-corrected chi connectivity index (χ0v) is 10.3. The van der Waals surface area contributed by atoms with Crippen molar-refractivity contribution in [2.45, 2.75) is 24.3 Å². The molecule has 0 aromatic heterocycles. The summed E-state index contributed by atoms with van der Waals surface area (Å²) in [5.74, 6) is 0.860. The Morgan fingerprint density at radius 1 is 1.38 bits per heavy atom. The molecule has 1 aliphatic carbocycles. The SMILES string of the molecule is O[C@@H]1C[C@@H](Cl)C[C@H]1COc1cccc(Cl)c1. The molecular weight excluding hydrogens is 247 g/mol. The Balaban J connectivity index is 1.88. The van der Waals surface area contributed by atoms with Crippen LogP contribution in [-0.2, 0) is 0 Å². The van der Waals surface area contributed by atoms with Crippen molar-refractivity contribution >= 4 is 23.2 Å². The van der Waals surface area contributed by atoms with Gasteiger partial charge in [0.25, 0.3) is 0 Å². The first-order chi connectivity index (χ1) is 7.65. The quantitative estimate of drug-likeness (QED) is 0.847. The highest BCUT2D eigenvalue weighted by Gasteiger charge is 2.32. The lowest BCUT2D eigenvalue weighted by Crippen LogP contribution is -2.20. The van der Waals surface area contributed by atoms with Gasteiger partial charge >= 0.3 is 0 Å². The zero-order valence-electron chi connectivity index (χ0n) is 8.77. The maximum atomic E-state index is 9.70. The third-order valence-corrected chi connectivity index (χ3v) is 3.45. The molecule has 1 aromatic rings. The van der Waals surface area contributed by atoms with Gasteiger partial charge in [0, 0.05) is 16.3 Å². The van der Waals surface area contributed by atoms with Gasteiger partial charge in [-0.05, 0) is 31.0 Å². The van der Waals surface area contributed by atoms with Crippen LogP contribution < -0.4 is 4.74 Å². The van der Waals surface area contributed by atoms with E-state index in [0.29, 0.717) is 18.1 Å². The fourth-order valence-corrected chi connectivity index (χ4v) is 2.57. The normalized spacial score (nSPS) is 29.3. The standard InChI is InChI=1S/C12H14Cl2O2/c13-9-2-1-3-11(5-9)16-7-8-4-10(14)6-12(8)15/h1-3,5,8,10,12,15H,4,6-7H2/t8-,10-,12+/m0/s1. The molecule has 0 radical (unpaired) electrons. The van der Waals surface area contributed by atoms with Gasteiger partial charge in [-0.3, -0.25) is 0 Å². The summed E-state index contributed by atoms with van der Waals surface area (Å²) in [7, 11) is 0. The molecule has 1 N–H and O–H groups in total. The van der Waals surface area contributed by atoms with Crippen molar-refractivity contribution < 1.29 is 9.84 Å². The van der Waals surface area contributed by atoms with Crippen molar-refractivity contribution in [3.8, 4) is 5.75 Å². The Morgan fingerprint density at radius 3 is 2.81 bits per heavy atom. The maximum Gasteiger partial charge on any atom is 0.120 e. The summed E-state index contributed by atoms with van der Waals surface area (Å²) in [4.78, 5) is 0. The van der Waals surface area contributed by atoms with Crippen LogP contribution in [0, 0.1) is 5.92 Å². The Labute approximate surface area is 105 Å². The fraction of sp³-hybridized carbons (Fsp3) is 0.500. The topological polar surface area (TPSA) is 29.5 Å². The molecule has 4 heteroatoms. The van der Waals surface area contributed by atoms with E-state index in [0.717, 1.165) is 12.2 Å². The highest BCUT2D eigenvalue weighted by Crippen LogP contribution is 2.30. The molecule has 1 saturated carbocycles. The van der Waals surface area contributed by atoms with Gasteiger partial charge in [-0.2, -0.15) is 0 Å². The first-order valence-corrected chi connectivity index (χ1v) is 6.17. The van der Waals surface area contributed by atoms with Crippen LogP contribution in [0.1, 0.15) is 12.8 Å². The number of halogens is 2. The molecule has 1 fully saturated rings. The van der Waals surface area contributed by atoms with Crippen molar-refractivity contribution in [3.05, 3.63) is 29.3 Å². The second-order valence-corrected chi connectivity index (χ2v) is 5.22. The highest BCUT2D eigenvalue weighted by atomic mass is 35.5. The first kappa shape index (κ1) is 12.0. The van der Waals surface area contributed by atoms with E-state index in [2.05, 4.69) is 0 Å². The molecular formula is C12H14Cl2O2.